The van der Waals surface area contributed by atoms with Crippen molar-refractivity contribution in [1.29, 1.82) is 0 Å². The van der Waals surface area contributed by atoms with E-state index in [9.17, 15) is 14.4 Å². The molecule has 2 aromatic rings. The van der Waals surface area contributed by atoms with Crippen LogP contribution < -0.4 is 20.1 Å². The number of carbonyl (C=O) groups excluding carboxylic acids is 3. The highest BCUT2D eigenvalue weighted by Gasteiger charge is 2.28. The molecule has 0 saturated heterocycles. The Morgan fingerprint density at radius 2 is 1.82 bits per heavy atom. The normalized spacial score (nSPS) is 15.6. The molecule has 2 unspecified atom stereocenters. The molecule has 0 bridgehead atoms. The maximum absolute atomic E-state index is 12.8. The van der Waals surface area contributed by atoms with Gasteiger partial charge in [-0.2, -0.15) is 0 Å². The summed E-state index contributed by atoms with van der Waals surface area (Å²) in [6.07, 6.45) is 0.626. The second-order valence-corrected chi connectivity index (χ2v) is 8.03. The zero-order chi connectivity index (χ0) is 23.8. The second kappa shape index (κ2) is 11.4. The van der Waals surface area contributed by atoms with Gasteiger partial charge < -0.3 is 24.8 Å². The molecule has 2 aromatic carbocycles. The average molecular weight is 455 g/mol. The molecule has 8 heteroatoms. The topological polar surface area (TPSA) is 103 Å². The van der Waals surface area contributed by atoms with Crippen LogP contribution in [0.3, 0.4) is 0 Å². The van der Waals surface area contributed by atoms with Gasteiger partial charge in [-0.05, 0) is 31.0 Å². The zero-order valence-corrected chi connectivity index (χ0v) is 19.1. The minimum atomic E-state index is -0.913. The first kappa shape index (κ1) is 24.1. The first-order valence-electron chi connectivity index (χ1n) is 11.1. The number of esters is 1. The molecule has 2 N–H and O–H groups in total. The number of rotatable bonds is 9. The fraction of sp³-hybridized carbons (Fsp3) is 0.400. The van der Waals surface area contributed by atoms with Crippen LogP contribution in [0.2, 0.25) is 0 Å². The van der Waals surface area contributed by atoms with Crippen LogP contribution in [0.1, 0.15) is 49.2 Å². The van der Waals surface area contributed by atoms with Gasteiger partial charge in [-0.25, -0.2) is 4.79 Å². The molecule has 0 radical (unpaired) electrons. The fourth-order valence-electron chi connectivity index (χ4n) is 3.61. The Hall–Kier alpha value is -3.55. The predicted octanol–water partition coefficient (Wildman–Crippen LogP) is 3.02. The summed E-state index contributed by atoms with van der Waals surface area (Å²) in [5.74, 6) is -0.607. The van der Waals surface area contributed by atoms with Crippen molar-refractivity contribution in [2.75, 3.05) is 19.8 Å². The summed E-state index contributed by atoms with van der Waals surface area (Å²) in [6.45, 7) is 5.87. The molecule has 2 amide bonds. The minimum Gasteiger partial charge on any atom is -0.493 e. The van der Waals surface area contributed by atoms with E-state index < -0.39 is 30.4 Å². The number of carbonyl (C=O) groups is 3. The first-order valence-corrected chi connectivity index (χ1v) is 11.1. The Morgan fingerprint density at radius 1 is 1.09 bits per heavy atom. The molecule has 8 nitrogen and oxygen atoms in total. The Morgan fingerprint density at radius 3 is 2.58 bits per heavy atom. The van der Waals surface area contributed by atoms with Gasteiger partial charge in [0.25, 0.3) is 11.8 Å². The third kappa shape index (κ3) is 6.25. The quantitative estimate of drug-likeness (QED) is 0.565. The maximum atomic E-state index is 12.8. The summed E-state index contributed by atoms with van der Waals surface area (Å²) in [6, 6.07) is 13.2. The van der Waals surface area contributed by atoms with Crippen LogP contribution in [0.15, 0.2) is 48.5 Å². The molecule has 1 aliphatic rings. The van der Waals surface area contributed by atoms with Crippen LogP contribution in [0, 0.1) is 5.92 Å². The molecule has 0 aromatic heterocycles. The zero-order valence-electron chi connectivity index (χ0n) is 19.1. The molecular weight excluding hydrogens is 424 g/mol. The van der Waals surface area contributed by atoms with Crippen molar-refractivity contribution in [3.05, 3.63) is 59.7 Å². The lowest BCUT2D eigenvalue weighted by atomic mass is 10.0. The number of nitrogens with one attached hydrogen (secondary N) is 2. The van der Waals surface area contributed by atoms with Gasteiger partial charge in [0, 0.05) is 12.0 Å². The molecule has 0 fully saturated rings. The van der Waals surface area contributed by atoms with E-state index in [-0.39, 0.29) is 12.0 Å². The Labute approximate surface area is 193 Å². The van der Waals surface area contributed by atoms with Gasteiger partial charge in [0.05, 0.1) is 24.8 Å². The molecule has 0 saturated carbocycles. The van der Waals surface area contributed by atoms with E-state index in [1.807, 2.05) is 31.2 Å². The van der Waals surface area contributed by atoms with Crippen molar-refractivity contribution in [3.8, 4) is 11.5 Å². The number of benzene rings is 2. The Kier molecular flexibility index (Phi) is 8.29. The molecular formula is C25H30N2O6. The van der Waals surface area contributed by atoms with Crippen molar-refractivity contribution >= 4 is 17.8 Å². The van der Waals surface area contributed by atoms with Crippen LogP contribution >= 0.6 is 0 Å². The van der Waals surface area contributed by atoms with E-state index in [0.29, 0.717) is 30.9 Å². The largest absolute Gasteiger partial charge is 0.493 e. The van der Waals surface area contributed by atoms with Crippen LogP contribution in [-0.4, -0.2) is 43.6 Å². The van der Waals surface area contributed by atoms with Crippen LogP contribution in [-0.2, 0) is 14.3 Å². The van der Waals surface area contributed by atoms with Gasteiger partial charge in [-0.3, -0.25) is 9.59 Å². The van der Waals surface area contributed by atoms with Gasteiger partial charge >= 0.3 is 5.97 Å². The molecule has 3 rings (SSSR count). The molecule has 0 spiro atoms. The molecule has 1 heterocycles. The maximum Gasteiger partial charge on any atom is 0.329 e. The van der Waals surface area contributed by atoms with Gasteiger partial charge in [0.15, 0.2) is 6.61 Å². The molecule has 2 atom stereocenters. The van der Waals surface area contributed by atoms with Crippen LogP contribution in [0.25, 0.3) is 0 Å². The summed E-state index contributed by atoms with van der Waals surface area (Å²) in [7, 11) is 0. The monoisotopic (exact) mass is 454 g/mol. The predicted molar refractivity (Wildman–Crippen MR) is 122 cm³/mol. The van der Waals surface area contributed by atoms with Gasteiger partial charge in [0.2, 0.25) is 0 Å². The molecule has 0 aliphatic carbocycles. The van der Waals surface area contributed by atoms with E-state index in [2.05, 4.69) is 10.6 Å². The van der Waals surface area contributed by atoms with Crippen molar-refractivity contribution in [2.45, 2.75) is 39.3 Å². The average Bonchev–Trinajstić information content (AvgIpc) is 2.81. The highest BCUT2D eigenvalue weighted by Crippen LogP contribution is 2.31. The van der Waals surface area contributed by atoms with E-state index >= 15 is 0 Å². The summed E-state index contributed by atoms with van der Waals surface area (Å²) in [4.78, 5) is 37.9. The highest BCUT2D eigenvalue weighted by atomic mass is 16.5. The third-order valence-corrected chi connectivity index (χ3v) is 5.28. The van der Waals surface area contributed by atoms with Crippen molar-refractivity contribution < 1.29 is 28.6 Å². The summed E-state index contributed by atoms with van der Waals surface area (Å²) in [5, 5.41) is 5.59. The number of amides is 2. The van der Waals surface area contributed by atoms with Gasteiger partial charge in [0.1, 0.15) is 17.5 Å². The lowest BCUT2D eigenvalue weighted by molar-refractivity contribution is -0.151. The van der Waals surface area contributed by atoms with Gasteiger partial charge in [-0.1, -0.05) is 44.2 Å². The van der Waals surface area contributed by atoms with E-state index in [1.54, 1.807) is 38.1 Å². The smallest absolute Gasteiger partial charge is 0.329 e. The van der Waals surface area contributed by atoms with Crippen molar-refractivity contribution in [2.24, 2.45) is 5.92 Å². The summed E-state index contributed by atoms with van der Waals surface area (Å²) >= 11 is 0. The molecule has 1 aliphatic heterocycles. The van der Waals surface area contributed by atoms with E-state index in [1.165, 1.54) is 0 Å². The Bertz CT molecular complexity index is 990. The standard InChI is InChI=1S/C25H30N2O6/c1-4-31-21-12-8-6-10-18(21)24(29)27-23(16(2)3)25(30)33-15-22(28)26-19-13-14-32-20-11-7-5-9-17(19)20/h5-12,16,19,23H,4,13-15H2,1-3H3,(H,26,28)(H,27,29). The summed E-state index contributed by atoms with van der Waals surface area (Å²) < 4.78 is 16.3. The van der Waals surface area contributed by atoms with Crippen LogP contribution in [0.4, 0.5) is 0 Å². The lowest BCUT2D eigenvalue weighted by Gasteiger charge is -2.26. The Balaban J connectivity index is 1.57. The second-order valence-electron chi connectivity index (χ2n) is 8.03. The van der Waals surface area contributed by atoms with E-state index in [4.69, 9.17) is 14.2 Å². The number of hydrogen-bond donors (Lipinski definition) is 2. The van der Waals surface area contributed by atoms with Crippen LogP contribution in [0.5, 0.6) is 11.5 Å². The highest BCUT2D eigenvalue weighted by molar-refractivity contribution is 5.99. The molecule has 33 heavy (non-hydrogen) atoms. The van der Waals surface area contributed by atoms with Gasteiger partial charge in [-0.15, -0.1) is 0 Å². The number of para-hydroxylation sites is 2. The minimum absolute atomic E-state index is 0.211. The molecule has 176 valence electrons. The fourth-order valence-corrected chi connectivity index (χ4v) is 3.61. The lowest BCUT2D eigenvalue weighted by Crippen LogP contribution is -2.46. The number of fused-ring (bicyclic) bond motifs is 1. The van der Waals surface area contributed by atoms with E-state index in [0.717, 1.165) is 11.3 Å². The number of hydrogen-bond acceptors (Lipinski definition) is 6. The summed E-state index contributed by atoms with van der Waals surface area (Å²) in [5.41, 5.74) is 1.22. The first-order chi connectivity index (χ1) is 15.9. The number of ether oxygens (including phenoxy) is 3. The van der Waals surface area contributed by atoms with Crippen molar-refractivity contribution in [1.82, 2.24) is 10.6 Å². The third-order valence-electron chi connectivity index (χ3n) is 5.28. The SMILES string of the molecule is CCOc1ccccc1C(=O)NC(C(=O)OCC(=O)NC1CCOc2ccccc21)C(C)C. The van der Waals surface area contributed by atoms with Crippen molar-refractivity contribution in [3.63, 3.8) is 0 Å².